The van der Waals surface area contributed by atoms with Crippen LogP contribution in [0, 0.1) is 14.1 Å². The highest BCUT2D eigenvalue weighted by molar-refractivity contribution is 14.1. The third-order valence-electron chi connectivity index (χ3n) is 2.86. The van der Waals surface area contributed by atoms with Crippen molar-refractivity contribution in [2.45, 2.75) is 6.92 Å². The number of halogens is 2. The van der Waals surface area contributed by atoms with Gasteiger partial charge in [0.2, 0.25) is 0 Å². The number of hydrogen-bond acceptors (Lipinski definition) is 3. The Hall–Kier alpha value is -1.16. The third kappa shape index (κ3) is 4.16. The molecular weight excluding hydrogens is 494 g/mol. The molecule has 0 amide bonds. The van der Waals surface area contributed by atoms with Gasteiger partial charge >= 0.3 is 5.97 Å². The summed E-state index contributed by atoms with van der Waals surface area (Å²) in [6.45, 7) is 2.08. The molecule has 0 aliphatic heterocycles. The predicted molar refractivity (Wildman–Crippen MR) is 101 cm³/mol. The molecule has 0 aliphatic carbocycles. The Bertz CT molecular complexity index is 692. The van der Waals surface area contributed by atoms with Crippen LogP contribution in [0.2, 0.25) is 0 Å². The number of benzene rings is 2. The van der Waals surface area contributed by atoms with Gasteiger partial charge in [-0.15, -0.1) is 0 Å². The molecule has 0 unspecified atom stereocenters. The third-order valence-corrected chi connectivity index (χ3v) is 5.10. The first-order valence-electron chi connectivity index (χ1n) is 6.06. The maximum atomic E-state index is 11.1. The van der Waals surface area contributed by atoms with E-state index >= 15 is 0 Å². The van der Waals surface area contributed by atoms with Crippen LogP contribution < -0.4 is 5.43 Å². The van der Waals surface area contributed by atoms with E-state index in [0.717, 1.165) is 5.56 Å². The van der Waals surface area contributed by atoms with E-state index in [4.69, 9.17) is 5.11 Å². The lowest BCUT2D eigenvalue weighted by Crippen LogP contribution is -2.02. The molecule has 0 atom stereocenters. The smallest absolute Gasteiger partial charge is 0.337 e. The molecule has 0 bridgehead atoms. The standard InChI is InChI=1S/C15H12I2N2O2/c1-9-12(16)6-10(7-13(9)17)8-18-19-14-5-3-2-4-11(14)15(20)21/h2-8,19H,1H3,(H,20,21)/b18-8+. The second kappa shape index (κ2) is 7.21. The fourth-order valence-electron chi connectivity index (χ4n) is 1.68. The van der Waals surface area contributed by atoms with Crippen molar-refractivity contribution in [1.29, 1.82) is 0 Å². The molecule has 0 fully saturated rings. The number of rotatable bonds is 4. The number of aromatic carboxylic acids is 1. The molecule has 2 aromatic carbocycles. The molecule has 2 aromatic rings. The number of hydrazone groups is 1. The summed E-state index contributed by atoms with van der Waals surface area (Å²) in [5, 5.41) is 13.2. The number of para-hydroxylation sites is 1. The molecule has 0 radical (unpaired) electrons. The van der Waals surface area contributed by atoms with Gasteiger partial charge in [0, 0.05) is 7.14 Å². The summed E-state index contributed by atoms with van der Waals surface area (Å²) in [6.07, 6.45) is 1.68. The molecule has 21 heavy (non-hydrogen) atoms. The average molecular weight is 506 g/mol. The highest BCUT2D eigenvalue weighted by Gasteiger charge is 2.07. The molecule has 0 aromatic heterocycles. The second-order valence-corrected chi connectivity index (χ2v) is 6.65. The van der Waals surface area contributed by atoms with Gasteiger partial charge in [0.1, 0.15) is 0 Å². The van der Waals surface area contributed by atoms with Gasteiger partial charge in [0.05, 0.1) is 17.5 Å². The zero-order valence-corrected chi connectivity index (χ0v) is 15.4. The van der Waals surface area contributed by atoms with Crippen LogP contribution in [0.1, 0.15) is 21.5 Å². The summed E-state index contributed by atoms with van der Waals surface area (Å²) < 4.78 is 2.35. The summed E-state index contributed by atoms with van der Waals surface area (Å²) in [6, 6.07) is 10.7. The van der Waals surface area contributed by atoms with Crippen LogP contribution in [0.5, 0.6) is 0 Å². The van der Waals surface area contributed by atoms with E-state index < -0.39 is 5.97 Å². The number of hydrogen-bond donors (Lipinski definition) is 2. The van der Waals surface area contributed by atoms with E-state index in [-0.39, 0.29) is 5.56 Å². The van der Waals surface area contributed by atoms with Crippen LogP contribution in [0.15, 0.2) is 41.5 Å². The molecule has 0 saturated heterocycles. The van der Waals surface area contributed by atoms with Crippen LogP contribution in [-0.2, 0) is 0 Å². The fraction of sp³-hybridized carbons (Fsp3) is 0.0667. The van der Waals surface area contributed by atoms with E-state index in [1.807, 2.05) is 12.1 Å². The first kappa shape index (κ1) is 16.2. The SMILES string of the molecule is Cc1c(I)cc(/C=N/Nc2ccccc2C(=O)O)cc1I. The van der Waals surface area contributed by atoms with Crippen LogP contribution in [0.25, 0.3) is 0 Å². The van der Waals surface area contributed by atoms with Gasteiger partial charge in [-0.25, -0.2) is 4.79 Å². The Kier molecular flexibility index (Phi) is 5.57. The van der Waals surface area contributed by atoms with E-state index in [9.17, 15) is 4.79 Å². The van der Waals surface area contributed by atoms with Crippen molar-refractivity contribution >= 4 is 63.1 Å². The summed E-state index contributed by atoms with van der Waals surface area (Å²) in [5.74, 6) is -0.979. The minimum atomic E-state index is -0.979. The monoisotopic (exact) mass is 506 g/mol. The zero-order valence-electron chi connectivity index (χ0n) is 11.1. The molecule has 0 spiro atoms. The van der Waals surface area contributed by atoms with E-state index in [0.29, 0.717) is 5.69 Å². The van der Waals surface area contributed by atoms with Gasteiger partial charge in [0.15, 0.2) is 0 Å². The van der Waals surface area contributed by atoms with Crippen molar-refractivity contribution in [3.8, 4) is 0 Å². The number of anilines is 1. The zero-order chi connectivity index (χ0) is 15.4. The van der Waals surface area contributed by atoms with E-state index in [2.05, 4.69) is 62.6 Å². The number of carboxylic acids is 1. The first-order chi connectivity index (χ1) is 9.99. The van der Waals surface area contributed by atoms with Gasteiger partial charge in [-0.3, -0.25) is 5.43 Å². The number of nitrogens with one attached hydrogen (secondary N) is 1. The Morgan fingerprint density at radius 3 is 2.48 bits per heavy atom. The minimum absolute atomic E-state index is 0.197. The van der Waals surface area contributed by atoms with Crippen molar-refractivity contribution in [3.05, 3.63) is 60.2 Å². The van der Waals surface area contributed by atoms with Crippen molar-refractivity contribution in [2.75, 3.05) is 5.43 Å². The Morgan fingerprint density at radius 1 is 1.24 bits per heavy atom. The van der Waals surface area contributed by atoms with Crippen molar-refractivity contribution in [2.24, 2.45) is 5.10 Å². The van der Waals surface area contributed by atoms with Crippen molar-refractivity contribution < 1.29 is 9.90 Å². The van der Waals surface area contributed by atoms with Gasteiger partial charge in [0.25, 0.3) is 0 Å². The topological polar surface area (TPSA) is 61.7 Å². The summed E-state index contributed by atoms with van der Waals surface area (Å²) in [4.78, 5) is 11.1. The Labute approximate surface area is 149 Å². The van der Waals surface area contributed by atoms with Gasteiger partial charge in [-0.2, -0.15) is 5.10 Å². The predicted octanol–water partition coefficient (Wildman–Crippen LogP) is 4.35. The molecule has 0 saturated carbocycles. The second-order valence-electron chi connectivity index (χ2n) is 4.33. The summed E-state index contributed by atoms with van der Waals surface area (Å²) in [5.41, 5.74) is 5.66. The molecule has 6 heteroatoms. The summed E-state index contributed by atoms with van der Waals surface area (Å²) >= 11 is 4.58. The average Bonchev–Trinajstić information content (AvgIpc) is 2.45. The number of carbonyl (C=O) groups is 1. The number of nitrogens with zero attached hydrogens (tertiary/aromatic N) is 1. The number of carboxylic acid groups (broad SMARTS) is 1. The molecule has 4 nitrogen and oxygen atoms in total. The Balaban J connectivity index is 2.19. The van der Waals surface area contributed by atoms with E-state index in [1.165, 1.54) is 18.8 Å². The highest BCUT2D eigenvalue weighted by Crippen LogP contribution is 2.20. The van der Waals surface area contributed by atoms with Crippen LogP contribution >= 0.6 is 45.2 Å². The molecule has 108 valence electrons. The normalized spacial score (nSPS) is 10.8. The molecular formula is C15H12I2N2O2. The van der Waals surface area contributed by atoms with Crippen molar-refractivity contribution in [1.82, 2.24) is 0 Å². The lowest BCUT2D eigenvalue weighted by molar-refractivity contribution is 0.0698. The van der Waals surface area contributed by atoms with Gasteiger partial charge in [-0.05, 0) is 87.5 Å². The minimum Gasteiger partial charge on any atom is -0.478 e. The van der Waals surface area contributed by atoms with Crippen LogP contribution in [0.4, 0.5) is 5.69 Å². The molecule has 0 heterocycles. The van der Waals surface area contributed by atoms with E-state index in [1.54, 1.807) is 24.4 Å². The molecule has 2 N–H and O–H groups in total. The molecule has 2 rings (SSSR count). The Morgan fingerprint density at radius 2 is 1.86 bits per heavy atom. The highest BCUT2D eigenvalue weighted by atomic mass is 127. The first-order valence-corrected chi connectivity index (χ1v) is 8.22. The maximum absolute atomic E-state index is 11.1. The maximum Gasteiger partial charge on any atom is 0.337 e. The van der Waals surface area contributed by atoms with Crippen LogP contribution in [-0.4, -0.2) is 17.3 Å². The van der Waals surface area contributed by atoms with Gasteiger partial charge in [-0.1, -0.05) is 12.1 Å². The van der Waals surface area contributed by atoms with Crippen LogP contribution in [0.3, 0.4) is 0 Å². The lowest BCUT2D eigenvalue weighted by atomic mass is 10.2. The quantitative estimate of drug-likeness (QED) is 0.369. The lowest BCUT2D eigenvalue weighted by Gasteiger charge is -2.05. The van der Waals surface area contributed by atoms with Crippen molar-refractivity contribution in [3.63, 3.8) is 0 Å². The summed E-state index contributed by atoms with van der Waals surface area (Å²) in [7, 11) is 0. The van der Waals surface area contributed by atoms with Gasteiger partial charge < -0.3 is 5.11 Å². The fourth-order valence-corrected chi connectivity index (χ4v) is 3.50. The largest absolute Gasteiger partial charge is 0.478 e. The molecule has 0 aliphatic rings.